The van der Waals surface area contributed by atoms with Gasteiger partial charge in [0.05, 0.1) is 16.5 Å². The quantitative estimate of drug-likeness (QED) is 0.813. The van der Waals surface area contributed by atoms with E-state index in [9.17, 15) is 18.0 Å². The maximum Gasteiger partial charge on any atom is 0.417 e. The monoisotopic (exact) mass is 306 g/mol. The van der Waals surface area contributed by atoms with Crippen molar-refractivity contribution in [3.63, 3.8) is 0 Å². The van der Waals surface area contributed by atoms with Gasteiger partial charge in [-0.1, -0.05) is 15.9 Å². The number of nitrogens with one attached hydrogen (secondary N) is 1. The van der Waals surface area contributed by atoms with Crippen LogP contribution < -0.4 is 5.56 Å². The van der Waals surface area contributed by atoms with Gasteiger partial charge in [-0.25, -0.2) is 4.98 Å². The normalized spacial score (nSPS) is 12.1. The third-order valence-corrected chi connectivity index (χ3v) is 2.87. The van der Waals surface area contributed by atoms with Gasteiger partial charge in [0, 0.05) is 4.47 Å². The van der Waals surface area contributed by atoms with Crippen LogP contribution in [0, 0.1) is 6.92 Å². The van der Waals surface area contributed by atoms with E-state index in [1.807, 2.05) is 0 Å². The molecule has 7 heteroatoms. The van der Waals surface area contributed by atoms with E-state index in [0.717, 1.165) is 6.07 Å². The number of hydrogen-bond acceptors (Lipinski definition) is 2. The summed E-state index contributed by atoms with van der Waals surface area (Å²) in [6.07, 6.45) is -4.51. The minimum atomic E-state index is -4.51. The minimum absolute atomic E-state index is 0.0777. The number of H-pyrrole nitrogens is 1. The van der Waals surface area contributed by atoms with Gasteiger partial charge in [0.15, 0.2) is 0 Å². The van der Waals surface area contributed by atoms with E-state index in [1.54, 1.807) is 6.92 Å². The largest absolute Gasteiger partial charge is 0.417 e. The number of alkyl halides is 3. The van der Waals surface area contributed by atoms with Gasteiger partial charge in [-0.3, -0.25) is 4.79 Å². The molecule has 0 saturated heterocycles. The molecule has 17 heavy (non-hydrogen) atoms. The van der Waals surface area contributed by atoms with Gasteiger partial charge < -0.3 is 4.98 Å². The molecule has 0 radical (unpaired) electrons. The van der Waals surface area contributed by atoms with Crippen LogP contribution in [0.3, 0.4) is 0 Å². The molecule has 1 N–H and O–H groups in total. The fraction of sp³-hybridized carbons (Fsp3) is 0.200. The zero-order valence-electron chi connectivity index (χ0n) is 8.52. The van der Waals surface area contributed by atoms with Gasteiger partial charge in [0.25, 0.3) is 5.56 Å². The van der Waals surface area contributed by atoms with Gasteiger partial charge in [-0.05, 0) is 19.1 Å². The summed E-state index contributed by atoms with van der Waals surface area (Å²) in [4.78, 5) is 17.8. The fourth-order valence-electron chi connectivity index (χ4n) is 1.49. The highest BCUT2D eigenvalue weighted by Gasteiger charge is 2.33. The number of rotatable bonds is 0. The standard InChI is InChI=1S/C10H6BrF3N2O/c1-4-15-8-3-7(11)6(10(12,13)14)2-5(8)9(17)16-4/h2-3H,1H3,(H,15,16,17). The topological polar surface area (TPSA) is 45.8 Å². The van der Waals surface area contributed by atoms with Crippen molar-refractivity contribution in [3.05, 3.63) is 38.3 Å². The summed E-state index contributed by atoms with van der Waals surface area (Å²) < 4.78 is 37.7. The van der Waals surface area contributed by atoms with Crippen LogP contribution in [0.2, 0.25) is 0 Å². The molecule has 2 aromatic rings. The number of halogens is 4. The molecule has 3 nitrogen and oxygen atoms in total. The molecule has 0 atom stereocenters. The Morgan fingerprint density at radius 1 is 1.35 bits per heavy atom. The third kappa shape index (κ3) is 2.19. The lowest BCUT2D eigenvalue weighted by Gasteiger charge is -2.09. The predicted octanol–water partition coefficient (Wildman–Crippen LogP) is 3.01. The molecule has 0 saturated carbocycles. The number of nitrogens with zero attached hydrogens (tertiary/aromatic N) is 1. The lowest BCUT2D eigenvalue weighted by atomic mass is 10.1. The van der Waals surface area contributed by atoms with Gasteiger partial charge in [-0.15, -0.1) is 0 Å². The Bertz CT molecular complexity index is 648. The van der Waals surface area contributed by atoms with Gasteiger partial charge in [0.1, 0.15) is 5.82 Å². The SMILES string of the molecule is Cc1nc2cc(Br)c(C(F)(F)F)cc2c(=O)[nH]1. The zero-order valence-corrected chi connectivity index (χ0v) is 10.1. The van der Waals surface area contributed by atoms with Gasteiger partial charge in [0.2, 0.25) is 0 Å². The second kappa shape index (κ2) is 3.83. The van der Waals surface area contributed by atoms with Crippen molar-refractivity contribution in [3.8, 4) is 0 Å². The van der Waals surface area contributed by atoms with E-state index in [-0.39, 0.29) is 15.4 Å². The second-order valence-electron chi connectivity index (χ2n) is 3.50. The van der Waals surface area contributed by atoms with Crippen LogP contribution in [0.1, 0.15) is 11.4 Å². The smallest absolute Gasteiger partial charge is 0.310 e. The average Bonchev–Trinajstić information content (AvgIpc) is 2.13. The molecular formula is C10H6BrF3N2O. The van der Waals surface area contributed by atoms with Crippen molar-refractivity contribution < 1.29 is 13.2 Å². The first-order valence-electron chi connectivity index (χ1n) is 4.56. The molecule has 90 valence electrons. The molecule has 0 aliphatic rings. The zero-order chi connectivity index (χ0) is 12.8. The molecule has 0 amide bonds. The molecule has 1 heterocycles. The molecule has 0 aliphatic carbocycles. The summed E-state index contributed by atoms with van der Waals surface area (Å²) in [6, 6.07) is 1.99. The Morgan fingerprint density at radius 3 is 2.59 bits per heavy atom. The second-order valence-corrected chi connectivity index (χ2v) is 4.35. The van der Waals surface area contributed by atoms with Crippen molar-refractivity contribution in [1.29, 1.82) is 0 Å². The molecule has 1 aromatic heterocycles. The molecule has 0 bridgehead atoms. The number of aromatic nitrogens is 2. The first-order valence-corrected chi connectivity index (χ1v) is 5.35. The highest BCUT2D eigenvalue weighted by molar-refractivity contribution is 9.10. The summed E-state index contributed by atoms with van der Waals surface area (Å²) in [5, 5.41) is -0.0777. The Kier molecular flexibility index (Phi) is 2.73. The molecule has 0 spiro atoms. The van der Waals surface area contributed by atoms with E-state index in [4.69, 9.17) is 0 Å². The van der Waals surface area contributed by atoms with Crippen molar-refractivity contribution in [1.82, 2.24) is 9.97 Å². The van der Waals surface area contributed by atoms with Gasteiger partial charge in [-0.2, -0.15) is 13.2 Å². The number of aryl methyl sites for hydroxylation is 1. The first-order chi connectivity index (χ1) is 7.79. The van der Waals surface area contributed by atoms with Crippen LogP contribution in [0.5, 0.6) is 0 Å². The molecule has 2 rings (SSSR count). The number of hydrogen-bond donors (Lipinski definition) is 1. The highest BCUT2D eigenvalue weighted by Crippen LogP contribution is 2.36. The number of aromatic amines is 1. The summed E-state index contributed by atoms with van der Waals surface area (Å²) in [6.45, 7) is 1.56. The van der Waals surface area contributed by atoms with Crippen molar-refractivity contribution in [2.24, 2.45) is 0 Å². The van der Waals surface area contributed by atoms with Crippen LogP contribution in [-0.2, 0) is 6.18 Å². The van der Waals surface area contributed by atoms with Crippen LogP contribution in [0.25, 0.3) is 10.9 Å². The van der Waals surface area contributed by atoms with Crippen LogP contribution in [0.15, 0.2) is 21.4 Å². The molecule has 0 unspecified atom stereocenters. The first kappa shape index (κ1) is 12.1. The van der Waals surface area contributed by atoms with E-state index in [2.05, 4.69) is 25.9 Å². The van der Waals surface area contributed by atoms with Crippen LogP contribution in [-0.4, -0.2) is 9.97 Å². The van der Waals surface area contributed by atoms with Gasteiger partial charge >= 0.3 is 6.18 Å². The Morgan fingerprint density at radius 2 is 2.00 bits per heavy atom. The summed E-state index contributed by atoms with van der Waals surface area (Å²) in [5.74, 6) is 0.356. The molecule has 1 aromatic carbocycles. The highest BCUT2D eigenvalue weighted by atomic mass is 79.9. The van der Waals surface area contributed by atoms with E-state index in [1.165, 1.54) is 6.07 Å². The predicted molar refractivity (Wildman–Crippen MR) is 59.8 cm³/mol. The van der Waals surface area contributed by atoms with Crippen molar-refractivity contribution >= 4 is 26.8 Å². The van der Waals surface area contributed by atoms with E-state index < -0.39 is 17.3 Å². The molecular weight excluding hydrogens is 301 g/mol. The van der Waals surface area contributed by atoms with Crippen molar-refractivity contribution in [2.75, 3.05) is 0 Å². The summed E-state index contributed by atoms with van der Waals surface area (Å²) in [7, 11) is 0. The lowest BCUT2D eigenvalue weighted by Crippen LogP contribution is -2.12. The minimum Gasteiger partial charge on any atom is -0.310 e. The number of fused-ring (bicyclic) bond motifs is 1. The third-order valence-electron chi connectivity index (χ3n) is 2.22. The summed E-state index contributed by atoms with van der Waals surface area (Å²) >= 11 is 2.83. The Balaban J connectivity index is 2.86. The Hall–Kier alpha value is -1.37. The van der Waals surface area contributed by atoms with Crippen molar-refractivity contribution in [2.45, 2.75) is 13.1 Å². The lowest BCUT2D eigenvalue weighted by molar-refractivity contribution is -0.138. The van der Waals surface area contributed by atoms with Crippen LogP contribution >= 0.6 is 15.9 Å². The van der Waals surface area contributed by atoms with Crippen LogP contribution in [0.4, 0.5) is 13.2 Å². The summed E-state index contributed by atoms with van der Waals surface area (Å²) in [5.41, 5.74) is -1.24. The van der Waals surface area contributed by atoms with E-state index in [0.29, 0.717) is 5.82 Å². The molecule has 0 aliphatic heterocycles. The maximum atomic E-state index is 12.6. The fourth-order valence-corrected chi connectivity index (χ4v) is 2.05. The molecule has 0 fully saturated rings. The number of benzene rings is 1. The van der Waals surface area contributed by atoms with E-state index >= 15 is 0 Å². The Labute approximate surface area is 102 Å². The average molecular weight is 307 g/mol. The maximum absolute atomic E-state index is 12.6.